The summed E-state index contributed by atoms with van der Waals surface area (Å²) in [5.74, 6) is -0.203. The zero-order valence-electron chi connectivity index (χ0n) is 14.4. The molecule has 1 atom stereocenters. The maximum absolute atomic E-state index is 12.2. The van der Waals surface area contributed by atoms with Crippen molar-refractivity contribution in [2.75, 3.05) is 22.1 Å². The minimum absolute atomic E-state index is 0.0193. The summed E-state index contributed by atoms with van der Waals surface area (Å²) in [4.78, 5) is 37.2. The number of amides is 4. The molecule has 2 aromatic carbocycles. The second kappa shape index (κ2) is 7.69. The van der Waals surface area contributed by atoms with Gasteiger partial charge in [-0.05, 0) is 30.3 Å². The minimum atomic E-state index is -0.391. The summed E-state index contributed by atoms with van der Waals surface area (Å²) in [6, 6.07) is 15.6. The number of anilines is 3. The molecule has 0 aromatic heterocycles. The highest BCUT2D eigenvalue weighted by Gasteiger charge is 2.31. The Morgan fingerprint density at radius 1 is 1.00 bits per heavy atom. The Balaban J connectivity index is 1.57. The molecule has 3 rings (SSSR count). The molecule has 7 nitrogen and oxygen atoms in total. The molecule has 0 spiro atoms. The van der Waals surface area contributed by atoms with Crippen LogP contribution in [-0.4, -0.2) is 30.4 Å². The smallest absolute Gasteiger partial charge is 0.319 e. The summed E-state index contributed by atoms with van der Waals surface area (Å²) >= 11 is 0. The average molecular weight is 352 g/mol. The third-order valence-corrected chi connectivity index (χ3v) is 3.97. The lowest BCUT2D eigenvalue weighted by Gasteiger charge is -2.17. The van der Waals surface area contributed by atoms with Gasteiger partial charge >= 0.3 is 6.03 Å². The summed E-state index contributed by atoms with van der Waals surface area (Å²) in [5, 5.41) is 8.20. The van der Waals surface area contributed by atoms with Crippen LogP contribution in [-0.2, 0) is 9.59 Å². The number of urea groups is 1. The second-order valence-corrected chi connectivity index (χ2v) is 6.10. The van der Waals surface area contributed by atoms with Crippen LogP contribution in [0.15, 0.2) is 54.6 Å². The zero-order valence-corrected chi connectivity index (χ0v) is 14.4. The summed E-state index contributed by atoms with van der Waals surface area (Å²) in [7, 11) is 0. The number of carbonyl (C=O) groups excluding carboxylic acids is 3. The van der Waals surface area contributed by atoms with Crippen molar-refractivity contribution in [2.24, 2.45) is 0 Å². The van der Waals surface area contributed by atoms with Gasteiger partial charge in [-0.3, -0.25) is 9.59 Å². The molecule has 2 aromatic rings. The number of carbonyl (C=O) groups is 3. The van der Waals surface area contributed by atoms with E-state index in [2.05, 4.69) is 16.0 Å². The van der Waals surface area contributed by atoms with Crippen LogP contribution in [0.1, 0.15) is 13.3 Å². The Bertz CT molecular complexity index is 823. The molecule has 0 aliphatic carbocycles. The molecule has 134 valence electrons. The first kappa shape index (κ1) is 17.5. The van der Waals surface area contributed by atoms with E-state index in [1.54, 1.807) is 29.2 Å². The first-order valence-corrected chi connectivity index (χ1v) is 8.32. The van der Waals surface area contributed by atoms with Gasteiger partial charge in [0.1, 0.15) is 0 Å². The van der Waals surface area contributed by atoms with E-state index in [4.69, 9.17) is 0 Å². The quantitative estimate of drug-likeness (QED) is 0.790. The van der Waals surface area contributed by atoms with Crippen LogP contribution < -0.4 is 20.9 Å². The topological polar surface area (TPSA) is 90.5 Å². The van der Waals surface area contributed by atoms with Gasteiger partial charge in [-0.25, -0.2) is 4.79 Å². The number of rotatable bonds is 4. The zero-order chi connectivity index (χ0) is 18.5. The van der Waals surface area contributed by atoms with Crippen LogP contribution in [0.2, 0.25) is 0 Å². The van der Waals surface area contributed by atoms with Gasteiger partial charge in [0.15, 0.2) is 0 Å². The Labute approximate surface area is 151 Å². The molecule has 0 bridgehead atoms. The van der Waals surface area contributed by atoms with Crippen molar-refractivity contribution in [3.05, 3.63) is 54.6 Å². The number of hydrogen-bond acceptors (Lipinski definition) is 3. The molecule has 1 aliphatic heterocycles. The lowest BCUT2D eigenvalue weighted by molar-refractivity contribution is -0.117. The molecule has 0 saturated carbocycles. The van der Waals surface area contributed by atoms with Gasteiger partial charge in [-0.1, -0.05) is 24.3 Å². The molecular formula is C19H20N4O3. The van der Waals surface area contributed by atoms with E-state index in [0.717, 1.165) is 5.69 Å². The molecule has 4 amide bonds. The van der Waals surface area contributed by atoms with E-state index in [1.165, 1.54) is 6.92 Å². The Morgan fingerprint density at radius 2 is 1.69 bits per heavy atom. The number of nitrogens with one attached hydrogen (secondary N) is 3. The number of benzene rings is 2. The molecular weight excluding hydrogens is 332 g/mol. The summed E-state index contributed by atoms with van der Waals surface area (Å²) in [5.41, 5.74) is 1.98. The fraction of sp³-hybridized carbons (Fsp3) is 0.211. The van der Waals surface area contributed by atoms with Crippen molar-refractivity contribution < 1.29 is 14.4 Å². The van der Waals surface area contributed by atoms with Crippen LogP contribution in [0.3, 0.4) is 0 Å². The second-order valence-electron chi connectivity index (χ2n) is 6.10. The molecule has 3 N–H and O–H groups in total. The SMILES string of the molecule is CC(=O)Nc1cccc(NC(=O)N[C@H]2CC(=O)N(c3ccccc3)C2)c1. The fourth-order valence-corrected chi connectivity index (χ4v) is 2.89. The Morgan fingerprint density at radius 3 is 2.38 bits per heavy atom. The third kappa shape index (κ3) is 4.38. The van der Waals surface area contributed by atoms with Gasteiger partial charge in [0.25, 0.3) is 0 Å². The molecule has 1 saturated heterocycles. The third-order valence-electron chi connectivity index (χ3n) is 3.97. The van der Waals surface area contributed by atoms with Crippen molar-refractivity contribution in [1.82, 2.24) is 5.32 Å². The Kier molecular flexibility index (Phi) is 5.17. The van der Waals surface area contributed by atoms with Crippen LogP contribution in [0.5, 0.6) is 0 Å². The highest BCUT2D eigenvalue weighted by molar-refractivity contribution is 5.98. The number of para-hydroxylation sites is 1. The van der Waals surface area contributed by atoms with Crippen molar-refractivity contribution in [2.45, 2.75) is 19.4 Å². The summed E-state index contributed by atoms with van der Waals surface area (Å²) < 4.78 is 0. The maximum atomic E-state index is 12.2. The molecule has 1 fully saturated rings. The van der Waals surface area contributed by atoms with E-state index in [1.807, 2.05) is 30.3 Å². The first-order chi connectivity index (χ1) is 12.5. The lowest BCUT2D eigenvalue weighted by Crippen LogP contribution is -2.39. The van der Waals surface area contributed by atoms with Crippen LogP contribution in [0.25, 0.3) is 0 Å². The molecule has 0 radical (unpaired) electrons. The van der Waals surface area contributed by atoms with E-state index >= 15 is 0 Å². The monoisotopic (exact) mass is 352 g/mol. The normalized spacial score (nSPS) is 16.3. The van der Waals surface area contributed by atoms with Crippen LogP contribution in [0.4, 0.5) is 21.9 Å². The highest BCUT2D eigenvalue weighted by Crippen LogP contribution is 2.21. The molecule has 1 heterocycles. The molecule has 1 aliphatic rings. The minimum Gasteiger partial charge on any atom is -0.333 e. The summed E-state index contributed by atoms with van der Waals surface area (Å²) in [6.07, 6.45) is 0.258. The fourth-order valence-electron chi connectivity index (χ4n) is 2.89. The molecule has 7 heteroatoms. The van der Waals surface area contributed by atoms with Gasteiger partial charge < -0.3 is 20.9 Å². The lowest BCUT2D eigenvalue weighted by atomic mass is 10.2. The van der Waals surface area contributed by atoms with E-state index in [9.17, 15) is 14.4 Å². The van der Waals surface area contributed by atoms with Crippen LogP contribution in [0, 0.1) is 0 Å². The molecule has 0 unspecified atom stereocenters. The number of hydrogen-bond donors (Lipinski definition) is 3. The van der Waals surface area contributed by atoms with Gasteiger partial charge in [-0.15, -0.1) is 0 Å². The standard InChI is InChI=1S/C19H20N4O3/c1-13(24)20-14-6-5-7-15(10-14)21-19(26)22-16-11-18(25)23(12-16)17-8-3-2-4-9-17/h2-10,16H,11-12H2,1H3,(H,20,24)(H2,21,22,26)/t16-/m0/s1. The molecule has 26 heavy (non-hydrogen) atoms. The summed E-state index contributed by atoms with van der Waals surface area (Å²) in [6.45, 7) is 1.85. The van der Waals surface area contributed by atoms with Crippen molar-refractivity contribution in [3.8, 4) is 0 Å². The van der Waals surface area contributed by atoms with E-state index < -0.39 is 6.03 Å². The Hall–Kier alpha value is -3.35. The van der Waals surface area contributed by atoms with E-state index in [0.29, 0.717) is 17.9 Å². The largest absolute Gasteiger partial charge is 0.333 e. The van der Waals surface area contributed by atoms with Crippen LogP contribution >= 0.6 is 0 Å². The van der Waals surface area contributed by atoms with Gasteiger partial charge in [0.05, 0.1) is 6.04 Å². The first-order valence-electron chi connectivity index (χ1n) is 8.32. The van der Waals surface area contributed by atoms with Crippen molar-refractivity contribution >= 4 is 34.9 Å². The number of nitrogens with zero attached hydrogens (tertiary/aromatic N) is 1. The average Bonchev–Trinajstić information content (AvgIpc) is 2.95. The predicted octanol–water partition coefficient (Wildman–Crippen LogP) is 2.57. The predicted molar refractivity (Wildman–Crippen MR) is 100 cm³/mol. The van der Waals surface area contributed by atoms with Crippen molar-refractivity contribution in [1.29, 1.82) is 0 Å². The maximum Gasteiger partial charge on any atom is 0.319 e. The van der Waals surface area contributed by atoms with E-state index in [-0.39, 0.29) is 24.3 Å². The van der Waals surface area contributed by atoms with Gasteiger partial charge in [-0.2, -0.15) is 0 Å². The highest BCUT2D eigenvalue weighted by atomic mass is 16.2. The van der Waals surface area contributed by atoms with Gasteiger partial charge in [0, 0.05) is 37.0 Å². The van der Waals surface area contributed by atoms with Gasteiger partial charge in [0.2, 0.25) is 11.8 Å². The van der Waals surface area contributed by atoms with Crippen molar-refractivity contribution in [3.63, 3.8) is 0 Å².